The maximum atomic E-state index is 11.7. The highest BCUT2D eigenvalue weighted by molar-refractivity contribution is 5.30. The largest absolute Gasteiger partial charge is 0.394 e. The zero-order valence-electron chi connectivity index (χ0n) is 19.5. The molecule has 2 aromatic heterocycles. The standard InChI is InChI=1S/2C10H15N3O5/c1-17-8-7(15)5(4-14)18-9(8)13-3-2-6(11)12-10(13)16;1-11-6-2-3-13(10(17)12-6)9-8(16)7(15)5(4-14)18-9/h2-3,5,7-9,14-15H,4H2,1H3,(H2,11,12,16);2-3,5,7-9,14-16H,4H2,1H3,(H,11,12,17)/t2*5-,7+,8?,9-/m11/s1. The van der Waals surface area contributed by atoms with E-state index in [9.17, 15) is 24.9 Å². The van der Waals surface area contributed by atoms with Crippen LogP contribution < -0.4 is 22.4 Å². The summed E-state index contributed by atoms with van der Waals surface area (Å²) in [6.07, 6.45) is -5.11. The van der Waals surface area contributed by atoms with Gasteiger partial charge in [0, 0.05) is 26.6 Å². The molecule has 2 aromatic rings. The zero-order chi connectivity index (χ0) is 26.6. The lowest BCUT2D eigenvalue weighted by molar-refractivity contribution is -0.0624. The van der Waals surface area contributed by atoms with Crippen molar-refractivity contribution in [1.29, 1.82) is 0 Å². The highest BCUT2D eigenvalue weighted by atomic mass is 16.6. The van der Waals surface area contributed by atoms with Crippen LogP contribution in [0.5, 0.6) is 0 Å². The highest BCUT2D eigenvalue weighted by Gasteiger charge is 2.45. The molecule has 2 saturated heterocycles. The molecule has 0 amide bonds. The summed E-state index contributed by atoms with van der Waals surface area (Å²) in [5.74, 6) is 0.491. The first-order chi connectivity index (χ1) is 17.2. The van der Waals surface area contributed by atoms with Crippen molar-refractivity contribution in [1.82, 2.24) is 19.1 Å². The third-order valence-electron chi connectivity index (χ3n) is 5.77. The van der Waals surface area contributed by atoms with Crippen LogP contribution in [-0.2, 0) is 14.2 Å². The van der Waals surface area contributed by atoms with E-state index in [1.807, 2.05) is 0 Å². The molecular formula is C20H30N6O10. The number of hydrogen-bond donors (Lipinski definition) is 7. The van der Waals surface area contributed by atoms with Crippen LogP contribution in [-0.4, -0.2) is 109 Å². The Labute approximate surface area is 204 Å². The summed E-state index contributed by atoms with van der Waals surface area (Å²) in [5, 5.41) is 50.0. The van der Waals surface area contributed by atoms with Gasteiger partial charge in [-0.2, -0.15) is 9.97 Å². The highest BCUT2D eigenvalue weighted by Crippen LogP contribution is 2.30. The Morgan fingerprint density at radius 2 is 1.50 bits per heavy atom. The SMILES string of the molecule is CNc1ccn([C@@H]2O[C@H](CO)[C@H](O)C2O)c(=O)n1.COC1[C@@H](O)[C@@H](CO)O[C@H]1n1ccc(N)nc1=O. The number of rotatable bonds is 6. The van der Waals surface area contributed by atoms with Crippen molar-refractivity contribution in [3.63, 3.8) is 0 Å². The van der Waals surface area contributed by atoms with Gasteiger partial charge in [-0.05, 0) is 12.1 Å². The van der Waals surface area contributed by atoms with Crippen LogP contribution in [0.4, 0.5) is 11.6 Å². The smallest absolute Gasteiger partial charge is 0.351 e. The summed E-state index contributed by atoms with van der Waals surface area (Å²) in [7, 11) is 3.01. The van der Waals surface area contributed by atoms with Gasteiger partial charge in [0.25, 0.3) is 0 Å². The maximum Gasteiger partial charge on any atom is 0.351 e. The minimum atomic E-state index is -1.29. The zero-order valence-corrected chi connectivity index (χ0v) is 19.5. The van der Waals surface area contributed by atoms with E-state index in [0.29, 0.717) is 5.82 Å². The van der Waals surface area contributed by atoms with Crippen molar-refractivity contribution in [2.75, 3.05) is 38.4 Å². The molecule has 0 saturated carbocycles. The van der Waals surface area contributed by atoms with Crippen LogP contribution in [0.3, 0.4) is 0 Å². The minimum Gasteiger partial charge on any atom is -0.394 e. The Bertz CT molecular complexity index is 1130. The van der Waals surface area contributed by atoms with Crippen molar-refractivity contribution in [3.8, 4) is 0 Å². The molecular weight excluding hydrogens is 484 g/mol. The third-order valence-corrected chi connectivity index (χ3v) is 5.77. The van der Waals surface area contributed by atoms with E-state index in [0.717, 1.165) is 4.57 Å². The normalized spacial score (nSPS) is 31.6. The summed E-state index contributed by atoms with van der Waals surface area (Å²) >= 11 is 0. The van der Waals surface area contributed by atoms with Crippen LogP contribution in [0.25, 0.3) is 0 Å². The number of aliphatic hydroxyl groups is 5. The molecule has 36 heavy (non-hydrogen) atoms. The van der Waals surface area contributed by atoms with Crippen LogP contribution >= 0.6 is 0 Å². The fourth-order valence-electron chi connectivity index (χ4n) is 3.82. The van der Waals surface area contributed by atoms with Gasteiger partial charge in [0.05, 0.1) is 13.2 Å². The molecule has 0 aliphatic carbocycles. The Morgan fingerprint density at radius 1 is 0.944 bits per heavy atom. The first-order valence-corrected chi connectivity index (χ1v) is 10.9. The summed E-state index contributed by atoms with van der Waals surface area (Å²) in [6.45, 7) is -0.805. The number of nitrogen functional groups attached to an aromatic ring is 1. The first kappa shape index (κ1) is 27.6. The van der Waals surface area contributed by atoms with Gasteiger partial charge in [-0.3, -0.25) is 9.13 Å². The molecule has 0 aromatic carbocycles. The van der Waals surface area contributed by atoms with Gasteiger partial charge in [-0.1, -0.05) is 0 Å². The second kappa shape index (κ2) is 11.8. The summed E-state index contributed by atoms with van der Waals surface area (Å²) in [4.78, 5) is 30.7. The van der Waals surface area contributed by atoms with Gasteiger partial charge in [0.1, 0.15) is 48.3 Å². The number of aromatic nitrogens is 4. The average molecular weight is 514 g/mol. The Balaban J connectivity index is 0.000000201. The quantitative estimate of drug-likeness (QED) is 0.194. The van der Waals surface area contributed by atoms with E-state index >= 15 is 0 Å². The summed E-state index contributed by atoms with van der Waals surface area (Å²) in [6, 6.07) is 2.98. The average Bonchev–Trinajstić information content (AvgIpc) is 3.34. The molecule has 200 valence electrons. The van der Waals surface area contributed by atoms with Gasteiger partial charge >= 0.3 is 11.4 Å². The second-order valence-electron chi connectivity index (χ2n) is 7.96. The van der Waals surface area contributed by atoms with Gasteiger partial charge in [-0.15, -0.1) is 0 Å². The molecule has 16 nitrogen and oxygen atoms in total. The lowest BCUT2D eigenvalue weighted by Gasteiger charge is -2.20. The van der Waals surface area contributed by atoms with Crippen molar-refractivity contribution >= 4 is 11.6 Å². The van der Waals surface area contributed by atoms with E-state index < -0.39 is 67.1 Å². The molecule has 4 heterocycles. The second-order valence-corrected chi connectivity index (χ2v) is 7.96. The number of nitrogens with two attached hydrogens (primary N) is 1. The van der Waals surface area contributed by atoms with Crippen LogP contribution in [0.15, 0.2) is 34.1 Å². The fraction of sp³-hybridized carbons (Fsp3) is 0.600. The van der Waals surface area contributed by atoms with Crippen molar-refractivity contribution in [2.45, 2.75) is 49.1 Å². The topological polar surface area (TPSA) is 237 Å². The Kier molecular flexibility index (Phi) is 9.09. The monoisotopic (exact) mass is 514 g/mol. The van der Waals surface area contributed by atoms with Crippen LogP contribution in [0.1, 0.15) is 12.5 Å². The molecule has 2 unspecified atom stereocenters. The predicted molar refractivity (Wildman–Crippen MR) is 122 cm³/mol. The lowest BCUT2D eigenvalue weighted by atomic mass is 10.1. The molecule has 8 atom stereocenters. The van der Waals surface area contributed by atoms with Crippen LogP contribution in [0.2, 0.25) is 0 Å². The number of ether oxygens (including phenoxy) is 3. The molecule has 4 rings (SSSR count). The molecule has 16 heteroatoms. The van der Waals surface area contributed by atoms with E-state index in [-0.39, 0.29) is 12.4 Å². The van der Waals surface area contributed by atoms with E-state index in [4.69, 9.17) is 30.2 Å². The van der Waals surface area contributed by atoms with E-state index in [2.05, 4.69) is 15.3 Å². The molecule has 2 aliphatic heterocycles. The molecule has 2 fully saturated rings. The first-order valence-electron chi connectivity index (χ1n) is 10.9. The number of nitrogens with one attached hydrogen (secondary N) is 1. The number of methoxy groups -OCH3 is 1. The Hall–Kier alpha value is -2.96. The maximum absolute atomic E-state index is 11.7. The summed E-state index contributed by atoms with van der Waals surface area (Å²) < 4.78 is 18.0. The minimum absolute atomic E-state index is 0.0995. The van der Waals surface area contributed by atoms with Crippen molar-refractivity contribution in [3.05, 3.63) is 45.5 Å². The molecule has 0 radical (unpaired) electrons. The number of anilines is 2. The number of aliphatic hydroxyl groups excluding tert-OH is 5. The molecule has 0 bridgehead atoms. The number of hydrogen-bond acceptors (Lipinski definition) is 14. The fourth-order valence-corrected chi connectivity index (χ4v) is 3.82. The number of nitrogens with zero attached hydrogens (tertiary/aromatic N) is 4. The molecule has 8 N–H and O–H groups in total. The van der Waals surface area contributed by atoms with Gasteiger partial charge in [0.2, 0.25) is 0 Å². The molecule has 2 aliphatic rings. The van der Waals surface area contributed by atoms with Crippen LogP contribution in [0, 0.1) is 0 Å². The third kappa shape index (κ3) is 5.55. The Morgan fingerprint density at radius 3 is 2.03 bits per heavy atom. The summed E-state index contributed by atoms with van der Waals surface area (Å²) in [5.41, 5.74) is 4.17. The van der Waals surface area contributed by atoms with Gasteiger partial charge < -0.3 is 50.8 Å². The van der Waals surface area contributed by atoms with Gasteiger partial charge in [-0.25, -0.2) is 9.59 Å². The van der Waals surface area contributed by atoms with E-state index in [1.54, 1.807) is 7.05 Å². The van der Waals surface area contributed by atoms with E-state index in [1.165, 1.54) is 36.2 Å². The van der Waals surface area contributed by atoms with Crippen molar-refractivity contribution in [2.24, 2.45) is 0 Å². The predicted octanol–water partition coefficient (Wildman–Crippen LogP) is -4.01. The van der Waals surface area contributed by atoms with Gasteiger partial charge in [0.15, 0.2) is 12.5 Å². The van der Waals surface area contributed by atoms with Crippen molar-refractivity contribution < 1.29 is 39.7 Å². The molecule has 0 spiro atoms. The lowest BCUT2D eigenvalue weighted by Crippen LogP contribution is -2.37.